The first-order chi connectivity index (χ1) is 7.93. The van der Waals surface area contributed by atoms with Gasteiger partial charge in [-0.05, 0) is 44.9 Å². The van der Waals surface area contributed by atoms with Crippen LogP contribution in [0.2, 0.25) is 0 Å². The van der Waals surface area contributed by atoms with Gasteiger partial charge in [0.1, 0.15) is 0 Å². The first-order valence-electron chi connectivity index (χ1n) is 5.77. The summed E-state index contributed by atoms with van der Waals surface area (Å²) in [4.78, 5) is 0. The van der Waals surface area contributed by atoms with Crippen LogP contribution in [0, 0.1) is 0 Å². The van der Waals surface area contributed by atoms with Crippen LogP contribution in [-0.2, 0) is 12.6 Å². The van der Waals surface area contributed by atoms with Gasteiger partial charge in [-0.2, -0.15) is 13.2 Å². The second-order valence-electron chi connectivity index (χ2n) is 4.28. The quantitative estimate of drug-likeness (QED) is 0.835. The smallest absolute Gasteiger partial charge is 0.317 e. The molecule has 96 valence electrons. The first kappa shape index (κ1) is 14.0. The van der Waals surface area contributed by atoms with Crippen molar-refractivity contribution in [2.45, 2.75) is 38.4 Å². The van der Waals surface area contributed by atoms with Gasteiger partial charge in [0.2, 0.25) is 0 Å². The monoisotopic (exact) mass is 245 g/mol. The summed E-state index contributed by atoms with van der Waals surface area (Å²) in [6.45, 7) is 2.06. The molecule has 0 amide bonds. The summed E-state index contributed by atoms with van der Waals surface area (Å²) in [5.41, 5.74) is 0.194. The van der Waals surface area contributed by atoms with Crippen LogP contribution in [-0.4, -0.2) is 13.1 Å². The van der Waals surface area contributed by atoms with Crippen molar-refractivity contribution in [3.05, 3.63) is 35.4 Å². The summed E-state index contributed by atoms with van der Waals surface area (Å²) in [5.74, 6) is 0. The number of alkyl halides is 3. The number of halogens is 3. The molecule has 1 atom stereocenters. The van der Waals surface area contributed by atoms with Crippen molar-refractivity contribution >= 4 is 0 Å². The summed E-state index contributed by atoms with van der Waals surface area (Å²) in [6.07, 6.45) is -1.69. The molecule has 1 aromatic carbocycles. The first-order valence-corrected chi connectivity index (χ1v) is 5.77. The molecule has 0 bridgehead atoms. The number of aryl methyl sites for hydroxylation is 1. The molecule has 17 heavy (non-hydrogen) atoms. The Hall–Kier alpha value is -1.03. The van der Waals surface area contributed by atoms with Crippen LogP contribution in [0.4, 0.5) is 13.2 Å². The number of benzene rings is 1. The van der Waals surface area contributed by atoms with Gasteiger partial charge in [-0.1, -0.05) is 18.2 Å². The number of hydrogen-bond acceptors (Lipinski definition) is 1. The van der Waals surface area contributed by atoms with Crippen molar-refractivity contribution in [3.63, 3.8) is 0 Å². The Morgan fingerprint density at radius 1 is 1.29 bits per heavy atom. The van der Waals surface area contributed by atoms with E-state index in [1.165, 1.54) is 12.1 Å². The standard InChI is InChI=1S/C13H18F3N/c1-10(17-2)5-3-6-11-7-4-8-12(9-11)13(14,15)16/h4,7-10,17H,3,5-6H2,1-2H3. The van der Waals surface area contributed by atoms with E-state index in [1.807, 2.05) is 7.05 Å². The molecular weight excluding hydrogens is 227 g/mol. The van der Waals surface area contributed by atoms with Crippen LogP contribution in [0.15, 0.2) is 24.3 Å². The molecule has 0 aliphatic carbocycles. The summed E-state index contributed by atoms with van der Waals surface area (Å²) >= 11 is 0. The van der Waals surface area contributed by atoms with E-state index in [9.17, 15) is 13.2 Å². The number of hydrogen-bond donors (Lipinski definition) is 1. The summed E-state index contributed by atoms with van der Waals surface area (Å²) in [7, 11) is 1.88. The van der Waals surface area contributed by atoms with E-state index in [1.54, 1.807) is 6.07 Å². The molecule has 4 heteroatoms. The van der Waals surface area contributed by atoms with Crippen LogP contribution < -0.4 is 5.32 Å². The molecule has 0 heterocycles. The number of nitrogens with one attached hydrogen (secondary N) is 1. The third-order valence-electron chi connectivity index (χ3n) is 2.85. The van der Waals surface area contributed by atoms with Gasteiger partial charge in [0, 0.05) is 6.04 Å². The highest BCUT2D eigenvalue weighted by Gasteiger charge is 2.30. The lowest BCUT2D eigenvalue weighted by molar-refractivity contribution is -0.137. The Kier molecular flexibility index (Phi) is 5.00. The maximum atomic E-state index is 12.5. The van der Waals surface area contributed by atoms with Crippen LogP contribution in [0.5, 0.6) is 0 Å². The van der Waals surface area contributed by atoms with E-state index in [-0.39, 0.29) is 0 Å². The van der Waals surface area contributed by atoms with Crippen molar-refractivity contribution in [1.29, 1.82) is 0 Å². The summed E-state index contributed by atoms with van der Waals surface area (Å²) in [6, 6.07) is 5.98. The van der Waals surface area contributed by atoms with Crippen molar-refractivity contribution in [3.8, 4) is 0 Å². The zero-order valence-corrected chi connectivity index (χ0v) is 10.1. The Morgan fingerprint density at radius 2 is 2.00 bits per heavy atom. The van der Waals surface area contributed by atoms with Crippen LogP contribution >= 0.6 is 0 Å². The fraction of sp³-hybridized carbons (Fsp3) is 0.538. The fourth-order valence-corrected chi connectivity index (χ4v) is 1.66. The molecule has 0 radical (unpaired) electrons. The van der Waals surface area contributed by atoms with Gasteiger partial charge in [0.25, 0.3) is 0 Å². The third kappa shape index (κ3) is 4.77. The van der Waals surface area contributed by atoms with E-state index in [2.05, 4.69) is 12.2 Å². The van der Waals surface area contributed by atoms with Crippen molar-refractivity contribution in [2.24, 2.45) is 0 Å². The molecule has 0 saturated heterocycles. The molecule has 0 fully saturated rings. The van der Waals surface area contributed by atoms with Gasteiger partial charge in [0.15, 0.2) is 0 Å². The summed E-state index contributed by atoms with van der Waals surface area (Å²) in [5, 5.41) is 3.11. The van der Waals surface area contributed by atoms with Gasteiger partial charge in [0.05, 0.1) is 5.56 Å². The van der Waals surface area contributed by atoms with Gasteiger partial charge in [-0.3, -0.25) is 0 Å². The van der Waals surface area contributed by atoms with Crippen LogP contribution in [0.3, 0.4) is 0 Å². The Balaban J connectivity index is 2.55. The van der Waals surface area contributed by atoms with Crippen molar-refractivity contribution in [2.75, 3.05) is 7.05 Å². The lowest BCUT2D eigenvalue weighted by atomic mass is 10.0. The molecule has 0 spiro atoms. The predicted molar refractivity (Wildman–Crippen MR) is 62.9 cm³/mol. The third-order valence-corrected chi connectivity index (χ3v) is 2.85. The molecule has 1 rings (SSSR count). The predicted octanol–water partition coefficient (Wildman–Crippen LogP) is 3.64. The highest BCUT2D eigenvalue weighted by atomic mass is 19.4. The van der Waals surface area contributed by atoms with Gasteiger partial charge < -0.3 is 5.32 Å². The fourth-order valence-electron chi connectivity index (χ4n) is 1.66. The van der Waals surface area contributed by atoms with E-state index in [4.69, 9.17) is 0 Å². The maximum absolute atomic E-state index is 12.5. The maximum Gasteiger partial charge on any atom is 0.416 e. The number of rotatable bonds is 5. The van der Waals surface area contributed by atoms with E-state index in [0.717, 1.165) is 24.5 Å². The average Bonchev–Trinajstić information content (AvgIpc) is 2.28. The second-order valence-corrected chi connectivity index (χ2v) is 4.28. The minimum atomic E-state index is -4.24. The lowest BCUT2D eigenvalue weighted by Crippen LogP contribution is -2.20. The van der Waals surface area contributed by atoms with E-state index < -0.39 is 11.7 Å². The Morgan fingerprint density at radius 3 is 2.59 bits per heavy atom. The molecule has 1 unspecified atom stereocenters. The molecular formula is C13H18F3N. The minimum Gasteiger partial charge on any atom is -0.317 e. The highest BCUT2D eigenvalue weighted by Crippen LogP contribution is 2.29. The average molecular weight is 245 g/mol. The lowest BCUT2D eigenvalue weighted by Gasteiger charge is -2.11. The van der Waals surface area contributed by atoms with Crippen LogP contribution in [0.1, 0.15) is 30.9 Å². The Bertz CT molecular complexity index is 347. The zero-order valence-electron chi connectivity index (χ0n) is 10.1. The Labute approximate surface area is 100 Å². The zero-order chi connectivity index (χ0) is 12.9. The molecule has 1 N–H and O–H groups in total. The van der Waals surface area contributed by atoms with Gasteiger partial charge in [-0.15, -0.1) is 0 Å². The van der Waals surface area contributed by atoms with Crippen molar-refractivity contribution < 1.29 is 13.2 Å². The molecule has 0 aromatic heterocycles. The highest BCUT2D eigenvalue weighted by molar-refractivity contribution is 5.25. The van der Waals surface area contributed by atoms with E-state index >= 15 is 0 Å². The minimum absolute atomic E-state index is 0.404. The summed E-state index contributed by atoms with van der Waals surface area (Å²) < 4.78 is 37.4. The van der Waals surface area contributed by atoms with Gasteiger partial charge >= 0.3 is 6.18 Å². The molecule has 0 aliphatic rings. The van der Waals surface area contributed by atoms with E-state index in [0.29, 0.717) is 12.5 Å². The second kappa shape index (κ2) is 6.05. The molecule has 0 saturated carbocycles. The van der Waals surface area contributed by atoms with Gasteiger partial charge in [-0.25, -0.2) is 0 Å². The SMILES string of the molecule is CNC(C)CCCc1cccc(C(F)(F)F)c1. The van der Waals surface area contributed by atoms with Crippen LogP contribution in [0.25, 0.3) is 0 Å². The largest absolute Gasteiger partial charge is 0.416 e. The van der Waals surface area contributed by atoms with Crippen molar-refractivity contribution in [1.82, 2.24) is 5.32 Å². The molecule has 1 aromatic rings. The molecule has 0 aliphatic heterocycles. The molecule has 1 nitrogen and oxygen atoms in total. The normalized spacial score (nSPS) is 13.7. The topological polar surface area (TPSA) is 12.0 Å².